The predicted molar refractivity (Wildman–Crippen MR) is 109 cm³/mol. The van der Waals surface area contributed by atoms with E-state index in [-0.39, 0.29) is 11.6 Å². The van der Waals surface area contributed by atoms with Crippen LogP contribution in [0.3, 0.4) is 0 Å². The minimum absolute atomic E-state index is 0.0723. The van der Waals surface area contributed by atoms with Crippen LogP contribution in [0.5, 0.6) is 11.5 Å². The lowest BCUT2D eigenvalue weighted by Gasteiger charge is -2.12. The molecule has 0 saturated heterocycles. The minimum atomic E-state index is -0.414. The maximum absolute atomic E-state index is 12.3. The van der Waals surface area contributed by atoms with E-state index in [1.54, 1.807) is 44.4 Å². The molecular weight excluding hydrogens is 358 g/mol. The molecule has 9 heteroatoms. The first-order valence-corrected chi connectivity index (χ1v) is 8.48. The molecule has 3 rings (SSSR count). The molecule has 2 aromatic heterocycles. The summed E-state index contributed by atoms with van der Waals surface area (Å²) in [6.45, 7) is 3.64. The third-order valence-electron chi connectivity index (χ3n) is 3.99. The fraction of sp³-hybridized carbons (Fsp3) is 0.158. The molecule has 0 saturated carbocycles. The number of rotatable bonds is 5. The number of hydrogen-bond acceptors (Lipinski definition) is 7. The number of carbonyl (C=O) groups is 1. The molecule has 0 aliphatic carbocycles. The van der Waals surface area contributed by atoms with Gasteiger partial charge in [-0.3, -0.25) is 9.79 Å². The first-order chi connectivity index (χ1) is 13.4. The molecule has 1 amide bonds. The molecule has 0 unspecified atom stereocenters. The first-order valence-electron chi connectivity index (χ1n) is 8.48. The highest BCUT2D eigenvalue weighted by Gasteiger charge is 2.10. The summed E-state index contributed by atoms with van der Waals surface area (Å²) < 4.78 is 7.40. The van der Waals surface area contributed by atoms with Crippen molar-refractivity contribution in [1.82, 2.24) is 14.6 Å². The predicted octanol–water partition coefficient (Wildman–Crippen LogP) is 2.28. The molecule has 0 bridgehead atoms. The van der Waals surface area contributed by atoms with Gasteiger partial charge in [-0.05, 0) is 43.7 Å². The van der Waals surface area contributed by atoms with Crippen molar-refractivity contribution in [2.75, 3.05) is 18.1 Å². The minimum Gasteiger partial charge on any atom is -0.456 e. The van der Waals surface area contributed by atoms with Crippen LogP contribution in [-0.4, -0.2) is 33.3 Å². The van der Waals surface area contributed by atoms with E-state index in [1.165, 1.54) is 10.6 Å². The molecule has 9 nitrogen and oxygen atoms in total. The number of aliphatic imine (C=N–C) groups is 1. The number of nitrogens with one attached hydrogen (secondary N) is 1. The summed E-state index contributed by atoms with van der Waals surface area (Å²) in [7, 11) is 1.63. The van der Waals surface area contributed by atoms with Gasteiger partial charge in [0.2, 0.25) is 5.95 Å². The van der Waals surface area contributed by atoms with Crippen LogP contribution >= 0.6 is 0 Å². The van der Waals surface area contributed by atoms with Crippen LogP contribution in [0.1, 0.15) is 12.5 Å². The number of anilines is 2. The molecular formula is C19H21N7O2. The maximum Gasteiger partial charge on any atom is 0.271 e. The quantitative estimate of drug-likeness (QED) is 0.460. The van der Waals surface area contributed by atoms with E-state index in [2.05, 4.69) is 20.4 Å². The smallest absolute Gasteiger partial charge is 0.271 e. The molecule has 3 aromatic rings. The lowest BCUT2D eigenvalue weighted by molar-refractivity contribution is -0.112. The van der Waals surface area contributed by atoms with E-state index in [0.717, 1.165) is 5.56 Å². The number of hydrogen-bond donors (Lipinski definition) is 3. The van der Waals surface area contributed by atoms with Gasteiger partial charge in [-0.1, -0.05) is 6.07 Å². The van der Waals surface area contributed by atoms with E-state index in [0.29, 0.717) is 28.5 Å². The highest BCUT2D eigenvalue weighted by molar-refractivity contribution is 6.08. The Kier molecular flexibility index (Phi) is 5.25. The molecule has 144 valence electrons. The Hall–Kier alpha value is -3.88. The summed E-state index contributed by atoms with van der Waals surface area (Å²) in [4.78, 5) is 20.3. The number of ether oxygens (including phenoxy) is 1. The van der Waals surface area contributed by atoms with Crippen molar-refractivity contribution in [3.05, 3.63) is 53.9 Å². The van der Waals surface area contributed by atoms with Crippen LogP contribution in [0, 0.1) is 6.92 Å². The van der Waals surface area contributed by atoms with Gasteiger partial charge in [-0.15, -0.1) is 5.10 Å². The summed E-state index contributed by atoms with van der Waals surface area (Å²) in [6.07, 6.45) is 3.19. The number of aromatic nitrogens is 3. The fourth-order valence-corrected chi connectivity index (χ4v) is 2.43. The van der Waals surface area contributed by atoms with Gasteiger partial charge in [0, 0.05) is 24.5 Å². The topological polar surface area (TPSA) is 133 Å². The van der Waals surface area contributed by atoms with E-state index in [9.17, 15) is 4.79 Å². The molecule has 28 heavy (non-hydrogen) atoms. The fourth-order valence-electron chi connectivity index (χ4n) is 2.43. The van der Waals surface area contributed by atoms with Crippen LogP contribution < -0.4 is 21.5 Å². The van der Waals surface area contributed by atoms with Gasteiger partial charge in [-0.2, -0.15) is 4.98 Å². The van der Waals surface area contributed by atoms with Gasteiger partial charge in [0.15, 0.2) is 5.65 Å². The number of fused-ring (bicyclic) bond motifs is 1. The second-order valence-corrected chi connectivity index (χ2v) is 6.14. The highest BCUT2D eigenvalue weighted by atomic mass is 16.5. The Morgan fingerprint density at radius 1 is 1.29 bits per heavy atom. The largest absolute Gasteiger partial charge is 0.456 e. The number of nitrogen functional groups attached to an aromatic ring is 1. The summed E-state index contributed by atoms with van der Waals surface area (Å²) in [5.74, 6) is 0.865. The number of nitrogens with zero attached hydrogens (tertiary/aromatic N) is 4. The average Bonchev–Trinajstić information content (AvgIpc) is 3.03. The average molecular weight is 379 g/mol. The Morgan fingerprint density at radius 2 is 2.04 bits per heavy atom. The zero-order valence-corrected chi connectivity index (χ0v) is 15.8. The SMILES string of the molecule is CN=C(C)/C=C(\N)C(=O)Nc1cc(Oc2ccc3nc(N)nn3c2)ccc1C. The molecule has 0 aliphatic rings. The van der Waals surface area contributed by atoms with Gasteiger partial charge in [0.25, 0.3) is 5.91 Å². The summed E-state index contributed by atoms with van der Waals surface area (Å²) in [5, 5.41) is 6.84. The van der Waals surface area contributed by atoms with Gasteiger partial charge in [0.05, 0.1) is 11.9 Å². The van der Waals surface area contributed by atoms with Crippen molar-refractivity contribution in [1.29, 1.82) is 0 Å². The molecule has 0 radical (unpaired) electrons. The van der Waals surface area contributed by atoms with Crippen LogP contribution in [0.2, 0.25) is 0 Å². The number of benzene rings is 1. The molecule has 0 spiro atoms. The summed E-state index contributed by atoms with van der Waals surface area (Å²) in [6, 6.07) is 8.88. The molecule has 5 N–H and O–H groups in total. The number of pyridine rings is 1. The zero-order valence-electron chi connectivity index (χ0n) is 15.8. The monoisotopic (exact) mass is 379 g/mol. The Labute approximate surface area is 161 Å². The Morgan fingerprint density at radius 3 is 2.79 bits per heavy atom. The van der Waals surface area contributed by atoms with Gasteiger partial charge >= 0.3 is 0 Å². The lowest BCUT2D eigenvalue weighted by atomic mass is 10.2. The highest BCUT2D eigenvalue weighted by Crippen LogP contribution is 2.27. The van der Waals surface area contributed by atoms with Crippen LogP contribution in [0.25, 0.3) is 5.65 Å². The van der Waals surface area contributed by atoms with Crippen LogP contribution in [0.4, 0.5) is 11.6 Å². The van der Waals surface area contributed by atoms with Crippen molar-refractivity contribution in [2.24, 2.45) is 10.7 Å². The van der Waals surface area contributed by atoms with Crippen molar-refractivity contribution in [3.63, 3.8) is 0 Å². The first kappa shape index (κ1) is 18.9. The van der Waals surface area contributed by atoms with E-state index in [1.807, 2.05) is 13.0 Å². The van der Waals surface area contributed by atoms with Crippen LogP contribution in [0.15, 0.2) is 53.3 Å². The van der Waals surface area contributed by atoms with Crippen LogP contribution in [-0.2, 0) is 4.79 Å². The van der Waals surface area contributed by atoms with E-state index in [4.69, 9.17) is 16.2 Å². The third-order valence-corrected chi connectivity index (χ3v) is 3.99. The maximum atomic E-state index is 12.3. The lowest BCUT2D eigenvalue weighted by Crippen LogP contribution is -2.21. The van der Waals surface area contributed by atoms with Crippen molar-refractivity contribution < 1.29 is 9.53 Å². The van der Waals surface area contributed by atoms with E-state index < -0.39 is 5.91 Å². The number of amides is 1. The molecule has 0 atom stereocenters. The van der Waals surface area contributed by atoms with Gasteiger partial charge < -0.3 is 21.5 Å². The molecule has 0 aliphatic heterocycles. The summed E-state index contributed by atoms with van der Waals surface area (Å²) >= 11 is 0. The molecule has 0 fully saturated rings. The number of nitrogens with two attached hydrogens (primary N) is 2. The Balaban J connectivity index is 1.80. The Bertz CT molecular complexity index is 1100. The summed E-state index contributed by atoms with van der Waals surface area (Å²) in [5.41, 5.74) is 14.2. The standard InChI is InChI=1S/C19H21N7O2/c1-11-4-5-13(9-16(11)23-18(27)15(20)8-12(2)22-3)28-14-6-7-17-24-19(21)25-26(17)10-14/h4-10H,20H2,1-3H3,(H2,21,25)(H,23,27)/b15-8-,22-12?. The zero-order chi connectivity index (χ0) is 20.3. The number of aryl methyl sites for hydroxylation is 1. The second-order valence-electron chi connectivity index (χ2n) is 6.14. The molecule has 1 aromatic carbocycles. The normalized spacial score (nSPS) is 12.2. The number of carbonyl (C=O) groups excluding carboxylic acids is 1. The van der Waals surface area contributed by atoms with Gasteiger partial charge in [-0.25, -0.2) is 4.52 Å². The van der Waals surface area contributed by atoms with Crippen molar-refractivity contribution in [3.8, 4) is 11.5 Å². The molecule has 2 heterocycles. The number of allylic oxidation sites excluding steroid dienone is 1. The van der Waals surface area contributed by atoms with Gasteiger partial charge in [0.1, 0.15) is 11.5 Å². The van der Waals surface area contributed by atoms with Crippen molar-refractivity contribution >= 4 is 28.9 Å². The second kappa shape index (κ2) is 7.78. The third kappa shape index (κ3) is 4.26. The van der Waals surface area contributed by atoms with E-state index >= 15 is 0 Å². The van der Waals surface area contributed by atoms with Crippen molar-refractivity contribution in [2.45, 2.75) is 13.8 Å².